The largest absolute Gasteiger partial charge is 0.295 e. The second-order valence-electron chi connectivity index (χ2n) is 6.49. The fourth-order valence-corrected chi connectivity index (χ4v) is 3.93. The topological polar surface area (TPSA) is 66.5 Å². The molecule has 0 unspecified atom stereocenters. The van der Waals surface area contributed by atoms with Crippen LogP contribution in [0.1, 0.15) is 28.4 Å². The maximum absolute atomic E-state index is 12.2. The number of sulfonamides is 1. The van der Waals surface area contributed by atoms with Crippen molar-refractivity contribution in [2.45, 2.75) is 24.8 Å². The third kappa shape index (κ3) is 5.04. The van der Waals surface area contributed by atoms with Crippen molar-refractivity contribution in [2.75, 3.05) is 19.6 Å². The van der Waals surface area contributed by atoms with E-state index < -0.39 is 10.0 Å². The molecule has 1 aliphatic rings. The molecule has 1 N–H and O–H groups in total. The summed E-state index contributed by atoms with van der Waals surface area (Å²) >= 11 is 0. The lowest BCUT2D eigenvalue weighted by Crippen LogP contribution is -2.31. The number of ketones is 1. The third-order valence-corrected chi connectivity index (χ3v) is 5.98. The first-order chi connectivity index (χ1) is 13.0. The summed E-state index contributed by atoms with van der Waals surface area (Å²) in [5.41, 5.74) is 3.21. The maximum atomic E-state index is 12.2. The molecule has 1 heterocycles. The van der Waals surface area contributed by atoms with Crippen LogP contribution in [0.4, 0.5) is 0 Å². The number of rotatable bonds is 5. The van der Waals surface area contributed by atoms with Crippen molar-refractivity contribution in [1.82, 2.24) is 9.62 Å². The smallest absolute Gasteiger partial charge is 0.241 e. The Morgan fingerprint density at radius 1 is 1.07 bits per heavy atom. The monoisotopic (exact) mass is 382 g/mol. The van der Waals surface area contributed by atoms with Gasteiger partial charge in [-0.3, -0.25) is 9.69 Å². The summed E-state index contributed by atoms with van der Waals surface area (Å²) in [7, 11) is -3.63. The van der Waals surface area contributed by atoms with Gasteiger partial charge in [0.2, 0.25) is 10.0 Å². The highest BCUT2D eigenvalue weighted by Crippen LogP contribution is 2.17. The van der Waals surface area contributed by atoms with Crippen molar-refractivity contribution < 1.29 is 13.2 Å². The van der Waals surface area contributed by atoms with Crippen LogP contribution in [0, 0.1) is 11.8 Å². The minimum atomic E-state index is -3.63. The highest BCUT2D eigenvalue weighted by molar-refractivity contribution is 7.89. The lowest BCUT2D eigenvalue weighted by molar-refractivity contribution is 0.101. The van der Waals surface area contributed by atoms with E-state index in [0.717, 1.165) is 19.5 Å². The minimum Gasteiger partial charge on any atom is -0.295 e. The van der Waals surface area contributed by atoms with Crippen molar-refractivity contribution in [3.8, 4) is 11.8 Å². The zero-order chi connectivity index (χ0) is 19.3. The Morgan fingerprint density at radius 2 is 1.78 bits per heavy atom. The molecule has 0 bridgehead atoms. The number of hydrogen-bond acceptors (Lipinski definition) is 4. The van der Waals surface area contributed by atoms with Gasteiger partial charge in [0.1, 0.15) is 0 Å². The predicted octanol–water partition coefficient (Wildman–Crippen LogP) is 2.23. The van der Waals surface area contributed by atoms with Gasteiger partial charge < -0.3 is 0 Å². The molecule has 0 aromatic heterocycles. The molecule has 0 aliphatic carbocycles. The summed E-state index contributed by atoms with van der Waals surface area (Å²) in [6, 6.07) is 14.3. The minimum absolute atomic E-state index is 0.0568. The Morgan fingerprint density at radius 3 is 2.48 bits per heavy atom. The van der Waals surface area contributed by atoms with E-state index in [1.807, 2.05) is 6.07 Å². The van der Waals surface area contributed by atoms with Crippen molar-refractivity contribution in [3.63, 3.8) is 0 Å². The van der Waals surface area contributed by atoms with E-state index in [-0.39, 0.29) is 17.2 Å². The number of nitrogens with one attached hydrogen (secondary N) is 1. The molecular formula is C21H22N2O3S. The van der Waals surface area contributed by atoms with Gasteiger partial charge in [-0.1, -0.05) is 48.2 Å². The zero-order valence-corrected chi connectivity index (χ0v) is 16.1. The van der Waals surface area contributed by atoms with E-state index in [4.69, 9.17) is 0 Å². The Hall–Kier alpha value is -2.46. The average Bonchev–Trinajstić information content (AvgIpc) is 2.67. The molecule has 0 saturated heterocycles. The van der Waals surface area contributed by atoms with Gasteiger partial charge >= 0.3 is 0 Å². The highest BCUT2D eigenvalue weighted by atomic mass is 32.2. The Balaban J connectivity index is 1.50. The van der Waals surface area contributed by atoms with E-state index in [9.17, 15) is 13.2 Å². The summed E-state index contributed by atoms with van der Waals surface area (Å²) in [6.45, 7) is 3.95. The van der Waals surface area contributed by atoms with Gasteiger partial charge in [-0.05, 0) is 36.6 Å². The molecule has 27 heavy (non-hydrogen) atoms. The molecule has 0 fully saturated rings. The molecule has 5 nitrogen and oxygen atoms in total. The van der Waals surface area contributed by atoms with E-state index in [0.29, 0.717) is 12.1 Å². The number of benzene rings is 2. The molecule has 2 aromatic rings. The van der Waals surface area contributed by atoms with Crippen LogP contribution in [0.5, 0.6) is 0 Å². The molecule has 2 aromatic carbocycles. The van der Waals surface area contributed by atoms with E-state index in [2.05, 4.69) is 39.7 Å². The lowest BCUT2D eigenvalue weighted by atomic mass is 10.0. The Kier molecular flexibility index (Phi) is 6.07. The Bertz CT molecular complexity index is 986. The maximum Gasteiger partial charge on any atom is 0.241 e. The second kappa shape index (κ2) is 8.49. The van der Waals surface area contributed by atoms with Gasteiger partial charge in [0.25, 0.3) is 0 Å². The fraction of sp³-hybridized carbons (Fsp3) is 0.286. The van der Waals surface area contributed by atoms with Gasteiger partial charge in [-0.25, -0.2) is 8.42 Å². The number of carbonyl (C=O) groups excluding carboxylic acids is 1. The average molecular weight is 382 g/mol. The summed E-state index contributed by atoms with van der Waals surface area (Å²) in [6.07, 6.45) is 1.01. The number of hydrogen-bond donors (Lipinski definition) is 1. The number of fused-ring (bicyclic) bond motifs is 1. The van der Waals surface area contributed by atoms with Gasteiger partial charge in [-0.2, -0.15) is 4.72 Å². The summed E-state index contributed by atoms with van der Waals surface area (Å²) < 4.78 is 27.0. The number of nitrogens with zero attached hydrogens (tertiary/aromatic N) is 1. The molecule has 3 rings (SSSR count). The van der Waals surface area contributed by atoms with E-state index in [1.54, 1.807) is 0 Å². The first-order valence-corrected chi connectivity index (χ1v) is 10.3. The van der Waals surface area contributed by atoms with Crippen LogP contribution < -0.4 is 4.72 Å². The predicted molar refractivity (Wildman–Crippen MR) is 105 cm³/mol. The van der Waals surface area contributed by atoms with Crippen LogP contribution in [-0.2, 0) is 23.0 Å². The van der Waals surface area contributed by atoms with Crippen LogP contribution >= 0.6 is 0 Å². The first kappa shape index (κ1) is 19.3. The van der Waals surface area contributed by atoms with Gasteiger partial charge in [-0.15, -0.1) is 0 Å². The molecule has 6 heteroatoms. The summed E-state index contributed by atoms with van der Waals surface area (Å²) in [5, 5.41) is 0. The number of Topliss-reactive ketones (excluding diaryl/α,β-unsaturated/α-hetero) is 1. The molecular weight excluding hydrogens is 360 g/mol. The van der Waals surface area contributed by atoms with Crippen molar-refractivity contribution >= 4 is 15.8 Å². The van der Waals surface area contributed by atoms with Crippen LogP contribution in [0.3, 0.4) is 0 Å². The van der Waals surface area contributed by atoms with Crippen LogP contribution in [0.25, 0.3) is 0 Å². The fourth-order valence-electron chi connectivity index (χ4n) is 3.00. The highest BCUT2D eigenvalue weighted by Gasteiger charge is 2.15. The van der Waals surface area contributed by atoms with Crippen molar-refractivity contribution in [3.05, 3.63) is 65.2 Å². The normalized spacial score (nSPS) is 14.1. The quantitative estimate of drug-likeness (QED) is 0.636. The SMILES string of the molecule is CC(=O)c1ccc(S(=O)(=O)NCC#CCN2CCc3ccccc3C2)cc1. The van der Waals surface area contributed by atoms with Gasteiger partial charge in [0.15, 0.2) is 5.78 Å². The molecule has 0 spiro atoms. The molecule has 0 amide bonds. The van der Waals surface area contributed by atoms with Gasteiger partial charge in [0, 0.05) is 18.7 Å². The van der Waals surface area contributed by atoms with Crippen LogP contribution in [0.15, 0.2) is 53.4 Å². The second-order valence-corrected chi connectivity index (χ2v) is 8.25. The Labute approximate surface area is 160 Å². The van der Waals surface area contributed by atoms with Crippen molar-refractivity contribution in [1.29, 1.82) is 0 Å². The lowest BCUT2D eigenvalue weighted by Gasteiger charge is -2.26. The number of carbonyl (C=O) groups is 1. The zero-order valence-electron chi connectivity index (χ0n) is 15.2. The van der Waals surface area contributed by atoms with Crippen LogP contribution in [-0.4, -0.2) is 38.7 Å². The third-order valence-electron chi connectivity index (χ3n) is 4.56. The van der Waals surface area contributed by atoms with Crippen molar-refractivity contribution in [2.24, 2.45) is 0 Å². The first-order valence-electron chi connectivity index (χ1n) is 8.81. The van der Waals surface area contributed by atoms with E-state index in [1.165, 1.54) is 42.3 Å². The summed E-state index contributed by atoms with van der Waals surface area (Å²) in [5.74, 6) is 5.82. The molecule has 1 aliphatic heterocycles. The molecule has 0 radical (unpaired) electrons. The molecule has 0 saturated carbocycles. The van der Waals surface area contributed by atoms with E-state index >= 15 is 0 Å². The van der Waals surface area contributed by atoms with Crippen LogP contribution in [0.2, 0.25) is 0 Å². The molecule has 0 atom stereocenters. The summed E-state index contributed by atoms with van der Waals surface area (Å²) in [4.78, 5) is 13.6. The molecule has 140 valence electrons. The standard InChI is InChI=1S/C21H22N2O3S/c1-17(24)18-8-10-21(11-9-18)27(25,26)22-13-4-5-14-23-15-12-19-6-2-3-7-20(19)16-23/h2-3,6-11,22H,12-16H2,1H3. The van der Waals surface area contributed by atoms with Gasteiger partial charge in [0.05, 0.1) is 18.0 Å².